The van der Waals surface area contributed by atoms with Crippen molar-refractivity contribution < 1.29 is 4.79 Å². The summed E-state index contributed by atoms with van der Waals surface area (Å²) < 4.78 is 0. The molecule has 0 fully saturated rings. The third-order valence-corrected chi connectivity index (χ3v) is 2.99. The van der Waals surface area contributed by atoms with E-state index in [1.807, 2.05) is 12.5 Å². The van der Waals surface area contributed by atoms with E-state index >= 15 is 0 Å². The van der Waals surface area contributed by atoms with Gasteiger partial charge in [-0.1, -0.05) is 0 Å². The van der Waals surface area contributed by atoms with E-state index in [4.69, 9.17) is 0 Å². The maximum absolute atomic E-state index is 11.6. The van der Waals surface area contributed by atoms with Gasteiger partial charge in [-0.05, 0) is 24.6 Å². The Morgan fingerprint density at radius 3 is 2.67 bits per heavy atom. The van der Waals surface area contributed by atoms with Crippen LogP contribution in [0.3, 0.4) is 0 Å². The highest BCUT2D eigenvalue weighted by molar-refractivity contribution is 8.93. The average molecular weight is 201 g/mol. The van der Waals surface area contributed by atoms with Crippen molar-refractivity contribution in [1.29, 1.82) is 0 Å². The predicted octanol–water partition coefficient (Wildman–Crippen LogP) is 2.13. The summed E-state index contributed by atoms with van der Waals surface area (Å²) in [5, 5.41) is 0.0823. The SMILES string of the molecule is CS(C)(S)C(=O)c1cccnc1. The van der Waals surface area contributed by atoms with Gasteiger partial charge >= 0.3 is 0 Å². The molecule has 0 aliphatic rings. The third kappa shape index (κ3) is 2.25. The predicted molar refractivity (Wildman–Crippen MR) is 57.0 cm³/mol. The number of nitrogens with zero attached hydrogens (tertiary/aromatic N) is 1. The summed E-state index contributed by atoms with van der Waals surface area (Å²) in [6, 6.07) is 3.52. The van der Waals surface area contributed by atoms with Gasteiger partial charge in [0.1, 0.15) is 0 Å². The van der Waals surface area contributed by atoms with Crippen molar-refractivity contribution in [3.05, 3.63) is 30.1 Å². The smallest absolute Gasteiger partial charge is 0.211 e. The van der Waals surface area contributed by atoms with Gasteiger partial charge in [0, 0.05) is 18.0 Å². The van der Waals surface area contributed by atoms with Crippen LogP contribution in [0.1, 0.15) is 10.4 Å². The summed E-state index contributed by atoms with van der Waals surface area (Å²) in [6.07, 6.45) is 6.93. The van der Waals surface area contributed by atoms with Gasteiger partial charge < -0.3 is 0 Å². The lowest BCUT2D eigenvalue weighted by Gasteiger charge is -2.20. The van der Waals surface area contributed by atoms with Crippen LogP contribution in [0, 0.1) is 0 Å². The molecule has 66 valence electrons. The minimum absolute atomic E-state index is 0.0823. The van der Waals surface area contributed by atoms with E-state index in [1.165, 1.54) is 0 Å². The van der Waals surface area contributed by atoms with Crippen LogP contribution >= 0.6 is 20.7 Å². The minimum Gasteiger partial charge on any atom is -0.282 e. The van der Waals surface area contributed by atoms with Gasteiger partial charge in [-0.15, -0.1) is 20.7 Å². The number of aromatic nitrogens is 1. The molecule has 0 spiro atoms. The molecule has 0 aliphatic carbocycles. The van der Waals surface area contributed by atoms with Crippen molar-refractivity contribution >= 4 is 25.8 Å². The van der Waals surface area contributed by atoms with Crippen molar-refractivity contribution in [2.75, 3.05) is 12.5 Å². The van der Waals surface area contributed by atoms with E-state index in [9.17, 15) is 4.79 Å². The largest absolute Gasteiger partial charge is 0.282 e. The van der Waals surface area contributed by atoms with Crippen LogP contribution in [-0.2, 0) is 0 Å². The Hall–Kier alpha value is -0.480. The molecule has 0 saturated heterocycles. The molecule has 0 saturated carbocycles. The lowest BCUT2D eigenvalue weighted by Crippen LogP contribution is -2.04. The Balaban J connectivity index is 2.94. The second-order valence-corrected chi connectivity index (χ2v) is 8.46. The van der Waals surface area contributed by atoms with Gasteiger partial charge in [0.2, 0.25) is 5.12 Å². The second-order valence-electron chi connectivity index (χ2n) is 2.80. The molecule has 1 heterocycles. The van der Waals surface area contributed by atoms with E-state index in [2.05, 4.69) is 16.6 Å². The number of hydrogen-bond donors (Lipinski definition) is 1. The quantitative estimate of drug-likeness (QED) is 0.557. The Morgan fingerprint density at radius 2 is 2.25 bits per heavy atom. The van der Waals surface area contributed by atoms with Crippen LogP contribution in [0.15, 0.2) is 24.5 Å². The molecule has 0 N–H and O–H groups in total. The minimum atomic E-state index is -1.44. The van der Waals surface area contributed by atoms with E-state index in [0.717, 1.165) is 0 Å². The number of carbonyl (C=O) groups is 1. The molecule has 0 amide bonds. The zero-order valence-electron chi connectivity index (χ0n) is 7.02. The van der Waals surface area contributed by atoms with Crippen molar-refractivity contribution in [2.24, 2.45) is 0 Å². The molecule has 0 aromatic carbocycles. The van der Waals surface area contributed by atoms with E-state index in [1.54, 1.807) is 24.5 Å². The average Bonchev–Trinajstić information content (AvgIpc) is 2.03. The van der Waals surface area contributed by atoms with E-state index in [-0.39, 0.29) is 5.12 Å². The first-order chi connectivity index (χ1) is 5.52. The first kappa shape index (κ1) is 9.61. The molecule has 0 aliphatic heterocycles. The fraction of sp³-hybridized carbons (Fsp3) is 0.250. The highest BCUT2D eigenvalue weighted by Gasteiger charge is 2.18. The summed E-state index contributed by atoms with van der Waals surface area (Å²) in [6.45, 7) is 0. The maximum atomic E-state index is 11.6. The Bertz CT molecular complexity index is 279. The fourth-order valence-corrected chi connectivity index (χ4v) is 1.79. The van der Waals surface area contributed by atoms with Crippen LogP contribution in [0.2, 0.25) is 0 Å². The summed E-state index contributed by atoms with van der Waals surface area (Å²) in [5.74, 6) is 0. The number of hydrogen-bond acceptors (Lipinski definition) is 3. The Labute approximate surface area is 78.5 Å². The van der Waals surface area contributed by atoms with Crippen LogP contribution in [0.5, 0.6) is 0 Å². The van der Waals surface area contributed by atoms with Crippen molar-refractivity contribution in [3.63, 3.8) is 0 Å². The van der Waals surface area contributed by atoms with Gasteiger partial charge in [0.15, 0.2) is 0 Å². The Morgan fingerprint density at radius 1 is 1.58 bits per heavy atom. The molecule has 1 aromatic heterocycles. The van der Waals surface area contributed by atoms with Crippen LogP contribution in [-0.4, -0.2) is 22.6 Å². The molecule has 1 aromatic rings. The first-order valence-electron chi connectivity index (χ1n) is 3.42. The standard InChI is InChI=1S/C8H11NOS2/c1-12(2,11)8(10)7-4-3-5-9-6-7/h3-6,11H,1-2H3. The lowest BCUT2D eigenvalue weighted by molar-refractivity contribution is 0.108. The summed E-state index contributed by atoms with van der Waals surface area (Å²) in [5.41, 5.74) is 0.646. The summed E-state index contributed by atoms with van der Waals surface area (Å²) >= 11 is 4.27. The van der Waals surface area contributed by atoms with Crippen molar-refractivity contribution in [3.8, 4) is 0 Å². The number of carbonyl (C=O) groups excluding carboxylic acids is 1. The highest BCUT2D eigenvalue weighted by atomic mass is 33.1. The molecule has 12 heavy (non-hydrogen) atoms. The Kier molecular flexibility index (Phi) is 2.80. The van der Waals surface area contributed by atoms with Gasteiger partial charge in [-0.25, -0.2) is 0 Å². The topological polar surface area (TPSA) is 30.0 Å². The molecular weight excluding hydrogens is 190 g/mol. The van der Waals surface area contributed by atoms with E-state index < -0.39 is 9.06 Å². The van der Waals surface area contributed by atoms with Gasteiger partial charge in [-0.3, -0.25) is 9.78 Å². The molecule has 1 rings (SSSR count). The molecular formula is C8H11NOS2. The fourth-order valence-electron chi connectivity index (χ4n) is 0.772. The third-order valence-electron chi connectivity index (χ3n) is 1.35. The van der Waals surface area contributed by atoms with Gasteiger partial charge in [0.05, 0.1) is 0 Å². The molecule has 2 nitrogen and oxygen atoms in total. The first-order valence-corrected chi connectivity index (χ1v) is 6.92. The second kappa shape index (κ2) is 3.49. The molecule has 0 unspecified atom stereocenters. The highest BCUT2D eigenvalue weighted by Crippen LogP contribution is 2.47. The van der Waals surface area contributed by atoms with Crippen LogP contribution in [0.25, 0.3) is 0 Å². The molecule has 0 radical (unpaired) electrons. The lowest BCUT2D eigenvalue weighted by atomic mass is 10.3. The summed E-state index contributed by atoms with van der Waals surface area (Å²) in [7, 11) is -1.44. The van der Waals surface area contributed by atoms with Crippen LogP contribution < -0.4 is 0 Å². The molecule has 4 heteroatoms. The number of thiol groups is 1. The number of pyridine rings is 1. The molecule has 0 bridgehead atoms. The normalized spacial score (nSPS) is 12.6. The van der Waals surface area contributed by atoms with Gasteiger partial charge in [0.25, 0.3) is 0 Å². The van der Waals surface area contributed by atoms with Gasteiger partial charge in [-0.2, -0.15) is 0 Å². The summed E-state index contributed by atoms with van der Waals surface area (Å²) in [4.78, 5) is 15.5. The van der Waals surface area contributed by atoms with Crippen LogP contribution in [0.4, 0.5) is 0 Å². The molecule has 0 atom stereocenters. The van der Waals surface area contributed by atoms with Crippen molar-refractivity contribution in [1.82, 2.24) is 4.98 Å². The number of rotatable bonds is 1. The zero-order valence-corrected chi connectivity index (χ0v) is 8.73. The zero-order chi connectivity index (χ0) is 9.19. The monoisotopic (exact) mass is 201 g/mol. The van der Waals surface area contributed by atoms with Crippen molar-refractivity contribution in [2.45, 2.75) is 0 Å². The van der Waals surface area contributed by atoms with E-state index in [0.29, 0.717) is 5.56 Å². The maximum Gasteiger partial charge on any atom is 0.211 e.